The molecule has 6 nitrogen and oxygen atoms in total. The van der Waals surface area contributed by atoms with Crippen LogP contribution in [0.5, 0.6) is 0 Å². The normalized spacial score (nSPS) is 10.5. The summed E-state index contributed by atoms with van der Waals surface area (Å²) in [6, 6.07) is 11.9. The molecule has 21 heavy (non-hydrogen) atoms. The molecule has 0 aliphatic rings. The van der Waals surface area contributed by atoms with E-state index in [1.165, 1.54) is 10.7 Å². The number of aldehydes is 1. The Labute approximate surface area is 119 Å². The van der Waals surface area contributed by atoms with Gasteiger partial charge in [0.15, 0.2) is 17.7 Å². The molecule has 0 unspecified atom stereocenters. The third kappa shape index (κ3) is 2.34. The maximum absolute atomic E-state index is 10.9. The number of para-hydroxylation sites is 1. The molecule has 0 fully saturated rings. The van der Waals surface area contributed by atoms with Gasteiger partial charge in [-0.15, -0.1) is 0 Å². The number of hydrogen-bond donors (Lipinski definition) is 1. The predicted molar refractivity (Wildman–Crippen MR) is 73.6 cm³/mol. The standard InChI is InChI=1S/C15H10N2O4/c18-9-10-5-6-14(21-10)11-3-1-2-4-13(11)17-8-7-12(16-17)15(19)20/h1-9H,(H,19,20). The van der Waals surface area contributed by atoms with E-state index in [-0.39, 0.29) is 11.5 Å². The lowest BCUT2D eigenvalue weighted by molar-refractivity contribution is 0.0690. The highest BCUT2D eigenvalue weighted by molar-refractivity contribution is 5.85. The average molecular weight is 282 g/mol. The first-order chi connectivity index (χ1) is 10.2. The van der Waals surface area contributed by atoms with Crippen molar-refractivity contribution in [2.75, 3.05) is 0 Å². The van der Waals surface area contributed by atoms with Crippen molar-refractivity contribution in [3.05, 3.63) is 60.1 Å². The zero-order chi connectivity index (χ0) is 14.8. The Morgan fingerprint density at radius 1 is 1.19 bits per heavy atom. The molecule has 0 aliphatic heterocycles. The molecule has 0 amide bonds. The van der Waals surface area contributed by atoms with Crippen LogP contribution >= 0.6 is 0 Å². The van der Waals surface area contributed by atoms with E-state index in [1.807, 2.05) is 18.2 Å². The third-order valence-electron chi connectivity index (χ3n) is 2.97. The number of carboxylic acid groups (broad SMARTS) is 1. The van der Waals surface area contributed by atoms with Crippen LogP contribution in [0.3, 0.4) is 0 Å². The van der Waals surface area contributed by atoms with Gasteiger partial charge in [0.05, 0.1) is 5.69 Å². The summed E-state index contributed by atoms with van der Waals surface area (Å²) in [5.41, 5.74) is 1.33. The molecule has 3 aromatic rings. The van der Waals surface area contributed by atoms with Gasteiger partial charge in [0, 0.05) is 11.8 Å². The highest BCUT2D eigenvalue weighted by Crippen LogP contribution is 2.27. The van der Waals surface area contributed by atoms with Crippen molar-refractivity contribution >= 4 is 12.3 Å². The maximum Gasteiger partial charge on any atom is 0.356 e. The number of aromatic carboxylic acids is 1. The van der Waals surface area contributed by atoms with E-state index in [2.05, 4.69) is 5.10 Å². The number of carbonyl (C=O) groups is 2. The topological polar surface area (TPSA) is 85.3 Å². The van der Waals surface area contributed by atoms with Gasteiger partial charge in [0.1, 0.15) is 5.76 Å². The van der Waals surface area contributed by atoms with Gasteiger partial charge in [-0.05, 0) is 30.3 Å². The predicted octanol–water partition coefficient (Wildman–Crippen LogP) is 2.64. The van der Waals surface area contributed by atoms with Gasteiger partial charge < -0.3 is 9.52 Å². The average Bonchev–Trinajstić information content (AvgIpc) is 3.16. The van der Waals surface area contributed by atoms with Gasteiger partial charge in [-0.3, -0.25) is 4.79 Å². The van der Waals surface area contributed by atoms with E-state index in [0.717, 1.165) is 0 Å². The molecule has 6 heteroatoms. The fourth-order valence-corrected chi connectivity index (χ4v) is 2.01. The van der Waals surface area contributed by atoms with E-state index >= 15 is 0 Å². The molecule has 104 valence electrons. The molecule has 0 spiro atoms. The zero-order valence-corrected chi connectivity index (χ0v) is 10.8. The van der Waals surface area contributed by atoms with Gasteiger partial charge in [-0.1, -0.05) is 12.1 Å². The van der Waals surface area contributed by atoms with Crippen molar-refractivity contribution in [2.24, 2.45) is 0 Å². The molecular formula is C15H10N2O4. The SMILES string of the molecule is O=Cc1ccc(-c2ccccc2-n2ccc(C(=O)O)n2)o1. The molecular weight excluding hydrogens is 272 g/mol. The summed E-state index contributed by atoms with van der Waals surface area (Å²) < 4.78 is 6.87. The monoisotopic (exact) mass is 282 g/mol. The van der Waals surface area contributed by atoms with E-state index < -0.39 is 5.97 Å². The summed E-state index contributed by atoms with van der Waals surface area (Å²) >= 11 is 0. The van der Waals surface area contributed by atoms with Crippen LogP contribution in [0, 0.1) is 0 Å². The summed E-state index contributed by atoms with van der Waals surface area (Å²) in [5, 5.41) is 12.9. The minimum atomic E-state index is -1.09. The molecule has 3 rings (SSSR count). The molecule has 0 bridgehead atoms. The zero-order valence-electron chi connectivity index (χ0n) is 10.8. The molecule has 0 aliphatic carbocycles. The Morgan fingerprint density at radius 3 is 2.67 bits per heavy atom. The van der Waals surface area contributed by atoms with Crippen molar-refractivity contribution in [1.82, 2.24) is 9.78 Å². The lowest BCUT2D eigenvalue weighted by atomic mass is 10.1. The molecule has 0 atom stereocenters. The van der Waals surface area contributed by atoms with Crippen LogP contribution in [0.25, 0.3) is 17.0 Å². The third-order valence-corrected chi connectivity index (χ3v) is 2.97. The Morgan fingerprint density at radius 2 is 2.00 bits per heavy atom. The lowest BCUT2D eigenvalue weighted by Gasteiger charge is -2.07. The first-order valence-electron chi connectivity index (χ1n) is 6.13. The van der Waals surface area contributed by atoms with Gasteiger partial charge >= 0.3 is 5.97 Å². The van der Waals surface area contributed by atoms with Gasteiger partial charge in [-0.2, -0.15) is 5.10 Å². The molecule has 0 saturated heterocycles. The van der Waals surface area contributed by atoms with E-state index in [4.69, 9.17) is 9.52 Å². The molecule has 2 aromatic heterocycles. The smallest absolute Gasteiger partial charge is 0.356 e. The summed E-state index contributed by atoms with van der Waals surface area (Å²) in [7, 11) is 0. The number of carboxylic acids is 1. The van der Waals surface area contributed by atoms with Crippen molar-refractivity contribution in [1.29, 1.82) is 0 Å². The lowest BCUT2D eigenvalue weighted by Crippen LogP contribution is -2.02. The molecule has 0 saturated carbocycles. The van der Waals surface area contributed by atoms with Gasteiger partial charge in [-0.25, -0.2) is 9.48 Å². The molecule has 1 aromatic carbocycles. The maximum atomic E-state index is 10.9. The first kappa shape index (κ1) is 12.9. The second-order valence-corrected chi connectivity index (χ2v) is 4.29. The van der Waals surface area contributed by atoms with E-state index in [9.17, 15) is 9.59 Å². The van der Waals surface area contributed by atoms with Gasteiger partial charge in [0.2, 0.25) is 0 Å². The van der Waals surface area contributed by atoms with Crippen LogP contribution in [0.15, 0.2) is 53.1 Å². The Kier molecular flexibility index (Phi) is 3.12. The molecule has 0 radical (unpaired) electrons. The van der Waals surface area contributed by atoms with Crippen LogP contribution in [-0.4, -0.2) is 27.1 Å². The van der Waals surface area contributed by atoms with Crippen LogP contribution in [0.4, 0.5) is 0 Å². The Balaban J connectivity index is 2.10. The van der Waals surface area contributed by atoms with E-state index in [0.29, 0.717) is 23.3 Å². The number of hydrogen-bond acceptors (Lipinski definition) is 4. The minimum Gasteiger partial charge on any atom is -0.476 e. The second-order valence-electron chi connectivity index (χ2n) is 4.29. The number of aromatic nitrogens is 2. The fraction of sp³-hybridized carbons (Fsp3) is 0. The Hall–Kier alpha value is -3.15. The van der Waals surface area contributed by atoms with Gasteiger partial charge in [0.25, 0.3) is 0 Å². The fourth-order valence-electron chi connectivity index (χ4n) is 2.01. The molecule has 2 heterocycles. The van der Waals surface area contributed by atoms with Crippen LogP contribution in [0.2, 0.25) is 0 Å². The van der Waals surface area contributed by atoms with E-state index in [1.54, 1.807) is 24.4 Å². The highest BCUT2D eigenvalue weighted by atomic mass is 16.4. The highest BCUT2D eigenvalue weighted by Gasteiger charge is 2.13. The largest absolute Gasteiger partial charge is 0.476 e. The second kappa shape index (κ2) is 5.09. The number of carbonyl (C=O) groups excluding carboxylic acids is 1. The number of nitrogens with zero attached hydrogens (tertiary/aromatic N) is 2. The van der Waals surface area contributed by atoms with Crippen LogP contribution in [-0.2, 0) is 0 Å². The first-order valence-corrected chi connectivity index (χ1v) is 6.13. The molecule has 1 N–H and O–H groups in total. The summed E-state index contributed by atoms with van der Waals surface area (Å²) in [6.45, 7) is 0. The Bertz CT molecular complexity index is 816. The summed E-state index contributed by atoms with van der Waals surface area (Å²) in [6.07, 6.45) is 2.19. The van der Waals surface area contributed by atoms with Crippen molar-refractivity contribution in [3.63, 3.8) is 0 Å². The van der Waals surface area contributed by atoms with Crippen molar-refractivity contribution in [3.8, 4) is 17.0 Å². The number of furan rings is 1. The van der Waals surface area contributed by atoms with Crippen molar-refractivity contribution < 1.29 is 19.1 Å². The van der Waals surface area contributed by atoms with Crippen LogP contribution in [0.1, 0.15) is 21.0 Å². The minimum absolute atomic E-state index is 0.0437. The van der Waals surface area contributed by atoms with Crippen molar-refractivity contribution in [2.45, 2.75) is 0 Å². The quantitative estimate of drug-likeness (QED) is 0.743. The van der Waals surface area contributed by atoms with Crippen LogP contribution < -0.4 is 0 Å². The number of benzene rings is 1. The number of rotatable bonds is 4. The summed E-state index contributed by atoms with van der Waals surface area (Å²) in [5.74, 6) is -0.348. The summed E-state index contributed by atoms with van der Waals surface area (Å²) in [4.78, 5) is 21.6.